The van der Waals surface area contributed by atoms with Gasteiger partial charge >= 0.3 is 209 Å². The molecule has 4 aromatic rings. The molecule has 1 heterocycles. The molecule has 0 atom stereocenters. The first-order valence-corrected chi connectivity index (χ1v) is 13.7. The second-order valence-corrected chi connectivity index (χ2v) is 10.1. The van der Waals surface area contributed by atoms with Gasteiger partial charge < -0.3 is 0 Å². The number of hydrazine groups is 1. The molecule has 0 spiro atoms. The third-order valence-corrected chi connectivity index (χ3v) is 7.87. The van der Waals surface area contributed by atoms with E-state index < -0.39 is 28.8 Å². The van der Waals surface area contributed by atoms with E-state index in [9.17, 15) is 18.0 Å². The van der Waals surface area contributed by atoms with Gasteiger partial charge in [-0.05, 0) is 0 Å². The molecule has 0 saturated carbocycles. The van der Waals surface area contributed by atoms with Gasteiger partial charge in [-0.1, -0.05) is 0 Å². The van der Waals surface area contributed by atoms with Crippen LogP contribution in [-0.2, 0) is 10.2 Å². The Hall–Kier alpha value is -3.80. The summed E-state index contributed by atoms with van der Waals surface area (Å²) in [6.07, 6.45) is 1.73. The van der Waals surface area contributed by atoms with Crippen molar-refractivity contribution < 1.29 is 18.0 Å². The van der Waals surface area contributed by atoms with Gasteiger partial charge in [0.05, 0.1) is 0 Å². The first-order chi connectivity index (χ1) is 17.4. The Morgan fingerprint density at radius 3 is 1.64 bits per heavy atom. The number of halogens is 3. The van der Waals surface area contributed by atoms with Crippen LogP contribution in [0.25, 0.3) is 5.57 Å². The monoisotopic (exact) mass is 550 g/mol. The Morgan fingerprint density at radius 1 is 0.694 bits per heavy atom. The summed E-state index contributed by atoms with van der Waals surface area (Å²) < 4.78 is 42.9. The van der Waals surface area contributed by atoms with Crippen molar-refractivity contribution in [3.05, 3.63) is 137 Å². The molecule has 0 unspecified atom stereocenters. The molecule has 7 heteroatoms. The van der Waals surface area contributed by atoms with Gasteiger partial charge in [0, 0.05) is 0 Å². The number of hydrogen-bond acceptors (Lipinski definition) is 2. The van der Waals surface area contributed by atoms with Crippen LogP contribution in [0.15, 0.2) is 103 Å². The molecule has 0 aliphatic carbocycles. The van der Waals surface area contributed by atoms with Crippen molar-refractivity contribution in [1.29, 1.82) is 0 Å². The molecule has 1 N–H and O–H groups in total. The molecule has 4 aromatic carbocycles. The molecule has 1 aliphatic rings. The molecule has 0 aromatic heterocycles. The normalized spacial score (nSPS) is 14.8. The van der Waals surface area contributed by atoms with Crippen LogP contribution in [0.1, 0.15) is 16.7 Å². The van der Waals surface area contributed by atoms with E-state index in [4.69, 9.17) is 0 Å². The molecule has 3 nitrogen and oxygen atoms in total. The third kappa shape index (κ3) is 4.10. The van der Waals surface area contributed by atoms with Gasteiger partial charge in [0.25, 0.3) is 0 Å². The summed E-state index contributed by atoms with van der Waals surface area (Å²) in [7, 11) is 0. The van der Waals surface area contributed by atoms with E-state index in [1.807, 2.05) is 24.3 Å². The van der Waals surface area contributed by atoms with Crippen LogP contribution in [0.5, 0.6) is 0 Å². The van der Waals surface area contributed by atoms with Crippen LogP contribution in [0.3, 0.4) is 0 Å². The molecule has 0 radical (unpaired) electrons. The van der Waals surface area contributed by atoms with Gasteiger partial charge in [0.15, 0.2) is 0 Å². The van der Waals surface area contributed by atoms with E-state index in [-0.39, 0.29) is 0 Å². The van der Waals surface area contributed by atoms with E-state index >= 15 is 0 Å². The molecule has 1 aliphatic heterocycles. The quantitative estimate of drug-likeness (QED) is 0.340. The fourth-order valence-electron chi connectivity index (χ4n) is 4.56. The van der Waals surface area contributed by atoms with Gasteiger partial charge in [0.2, 0.25) is 0 Å². The van der Waals surface area contributed by atoms with E-state index in [1.165, 1.54) is 58.0 Å². The number of carbonyl (C=O) groups is 1. The average molecular weight is 549 g/mol. The summed E-state index contributed by atoms with van der Waals surface area (Å²) in [6, 6.07) is 25.0. The number of benzene rings is 4. The van der Waals surface area contributed by atoms with E-state index in [0.29, 0.717) is 37.3 Å². The Balaban J connectivity index is 1.81. The predicted octanol–water partition coefficient (Wildman–Crippen LogP) is 5.36. The molecule has 36 heavy (non-hydrogen) atoms. The van der Waals surface area contributed by atoms with Gasteiger partial charge in [-0.2, -0.15) is 0 Å². The molecule has 0 bridgehead atoms. The summed E-state index contributed by atoms with van der Waals surface area (Å²) in [5.74, 6) is 0.415. The summed E-state index contributed by atoms with van der Waals surface area (Å²) in [6.45, 7) is 0. The zero-order valence-corrected chi connectivity index (χ0v) is 20.9. The number of rotatable bonds is 5. The van der Waals surface area contributed by atoms with E-state index in [1.54, 1.807) is 30.5 Å². The van der Waals surface area contributed by atoms with Gasteiger partial charge in [-0.15, -0.1) is 0 Å². The molecular weight excluding hydrogens is 528 g/mol. The zero-order chi connectivity index (χ0) is 25.3. The van der Waals surface area contributed by atoms with Crippen molar-refractivity contribution in [2.45, 2.75) is 11.2 Å². The van der Waals surface area contributed by atoms with E-state index in [2.05, 4.69) is 11.2 Å². The first kappa shape index (κ1) is 23.9. The summed E-state index contributed by atoms with van der Waals surface area (Å²) in [5, 5.41) is 1.33. The van der Waals surface area contributed by atoms with Crippen molar-refractivity contribution in [1.82, 2.24) is 5.43 Å². The van der Waals surface area contributed by atoms with Gasteiger partial charge in [-0.25, -0.2) is 4.39 Å². The Morgan fingerprint density at radius 2 is 1.17 bits per heavy atom. The Bertz CT molecular complexity index is 1370. The number of amides is 1. The van der Waals surface area contributed by atoms with Crippen molar-refractivity contribution >= 4 is 36.6 Å². The Labute approximate surface area is 213 Å². The van der Waals surface area contributed by atoms with Crippen molar-refractivity contribution in [3.8, 4) is 0 Å². The predicted molar refractivity (Wildman–Crippen MR) is 136 cm³/mol. The molecular formula is C29H21F3N2OSe. The standard InChI is InChI=1S/C29H21F3N2OSe/c1-36-26-16-2-19(3-17-26)27-18-33-34(25-14-12-24(32)13-15-25)28(35)29(27,20-4-8-22(30)9-5-20)21-6-10-23(31)11-7-21/h2-18,33H,1H3. The maximum absolute atomic E-state index is 14.6. The fourth-order valence-corrected chi connectivity index (χ4v) is 5.41. The number of nitrogens with zero attached hydrogens (tertiary/aromatic N) is 1. The van der Waals surface area contributed by atoms with Crippen LogP contribution in [0.2, 0.25) is 5.82 Å². The fraction of sp³-hybridized carbons (Fsp3) is 0.0690. The van der Waals surface area contributed by atoms with Crippen LogP contribution in [0.4, 0.5) is 18.9 Å². The van der Waals surface area contributed by atoms with Crippen LogP contribution in [0, 0.1) is 17.5 Å². The molecule has 180 valence electrons. The number of nitrogens with one attached hydrogen (secondary N) is 1. The van der Waals surface area contributed by atoms with Crippen LogP contribution >= 0.6 is 0 Å². The van der Waals surface area contributed by atoms with Crippen molar-refractivity contribution in [3.63, 3.8) is 0 Å². The van der Waals surface area contributed by atoms with Crippen molar-refractivity contribution in [2.75, 3.05) is 5.01 Å². The number of anilines is 1. The first-order valence-electron chi connectivity index (χ1n) is 11.2. The maximum atomic E-state index is 14.6. The van der Waals surface area contributed by atoms with Gasteiger partial charge in [0.1, 0.15) is 0 Å². The Kier molecular flexibility index (Phi) is 6.44. The molecule has 0 fully saturated rings. The minimum atomic E-state index is -1.44. The average Bonchev–Trinajstić information content (AvgIpc) is 2.90. The second-order valence-electron chi connectivity index (χ2n) is 8.30. The van der Waals surface area contributed by atoms with Gasteiger partial charge in [-0.3, -0.25) is 0 Å². The van der Waals surface area contributed by atoms with Crippen LogP contribution in [-0.4, -0.2) is 20.9 Å². The molecule has 1 amide bonds. The topological polar surface area (TPSA) is 32.3 Å². The minimum absolute atomic E-state index is 0.304. The number of carbonyl (C=O) groups excluding carboxylic acids is 1. The third-order valence-electron chi connectivity index (χ3n) is 6.31. The van der Waals surface area contributed by atoms with Crippen LogP contribution < -0.4 is 14.9 Å². The molecule has 5 rings (SSSR count). The molecule has 0 saturated heterocycles. The number of hydrogen-bond donors (Lipinski definition) is 1. The summed E-state index contributed by atoms with van der Waals surface area (Å²) >= 11 is 0.304. The van der Waals surface area contributed by atoms with E-state index in [0.717, 1.165) is 5.56 Å². The summed E-state index contributed by atoms with van der Waals surface area (Å²) in [4.78, 5) is 14.6. The van der Waals surface area contributed by atoms with Crippen molar-refractivity contribution in [2.24, 2.45) is 0 Å². The summed E-state index contributed by atoms with van der Waals surface area (Å²) in [5.41, 5.74) is 4.48. The SMILES string of the molecule is C[Se]c1ccc(C2=CNN(c3ccc(F)cc3)C(=O)C2(c2ccc(F)cc2)c2ccc(F)cc2)cc1. The second kappa shape index (κ2) is 9.69. The zero-order valence-electron chi connectivity index (χ0n) is 19.2.